The zero-order valence-corrected chi connectivity index (χ0v) is 17.3. The van der Waals surface area contributed by atoms with Crippen LogP contribution in [0.3, 0.4) is 0 Å². The Morgan fingerprint density at radius 3 is 2.12 bits per heavy atom. The molecule has 3 aromatic rings. The van der Waals surface area contributed by atoms with Gasteiger partial charge in [0.1, 0.15) is 6.61 Å². The highest BCUT2D eigenvalue weighted by Crippen LogP contribution is 2.44. The molecule has 1 N–H and O–H groups in total. The fourth-order valence-electron chi connectivity index (χ4n) is 4.09. The summed E-state index contributed by atoms with van der Waals surface area (Å²) in [6, 6.07) is 18.2. The van der Waals surface area contributed by atoms with Crippen molar-refractivity contribution in [3.8, 4) is 11.1 Å². The molecule has 0 radical (unpaired) electrons. The van der Waals surface area contributed by atoms with Gasteiger partial charge in [-0.15, -0.1) is 0 Å². The topological polar surface area (TPSA) is 78.5 Å². The second-order valence-electron chi connectivity index (χ2n) is 7.74. The highest BCUT2D eigenvalue weighted by Gasteiger charge is 2.31. The van der Waals surface area contributed by atoms with Crippen molar-refractivity contribution in [2.45, 2.75) is 24.6 Å². The molecule has 1 atom stereocenters. The summed E-state index contributed by atoms with van der Waals surface area (Å²) in [6.45, 7) is -0.0246. The number of hydrogen-bond acceptors (Lipinski definition) is 4. The van der Waals surface area contributed by atoms with Gasteiger partial charge in [-0.25, -0.2) is 4.79 Å². The number of alkyl carbamates (subject to hydrolysis) is 1. The number of carboxylic acid groups (broad SMARTS) is 1. The minimum atomic E-state index is -4.56. The third-order valence-electron chi connectivity index (χ3n) is 5.61. The first-order chi connectivity index (χ1) is 15.7. The molecule has 3 aromatic carbocycles. The second-order valence-corrected chi connectivity index (χ2v) is 7.74. The van der Waals surface area contributed by atoms with Crippen molar-refractivity contribution >= 4 is 12.1 Å². The Bertz CT molecular complexity index is 1150. The summed E-state index contributed by atoms with van der Waals surface area (Å²) in [6.07, 6.45) is -5.93. The average molecular weight is 454 g/mol. The van der Waals surface area contributed by atoms with Gasteiger partial charge in [-0.1, -0.05) is 66.7 Å². The molecule has 0 unspecified atom stereocenters. The van der Waals surface area contributed by atoms with E-state index in [2.05, 4.69) is 5.32 Å². The highest BCUT2D eigenvalue weighted by molar-refractivity contribution is 5.80. The van der Waals surface area contributed by atoms with E-state index >= 15 is 0 Å². The highest BCUT2D eigenvalue weighted by atomic mass is 19.4. The quantitative estimate of drug-likeness (QED) is 0.613. The van der Waals surface area contributed by atoms with Crippen molar-refractivity contribution in [3.05, 3.63) is 95.1 Å². The molecule has 0 aliphatic heterocycles. The number of carbonyl (C=O) groups excluding carboxylic acids is 2. The predicted molar refractivity (Wildman–Crippen MR) is 112 cm³/mol. The number of halogens is 3. The van der Waals surface area contributed by atoms with E-state index < -0.39 is 29.8 Å². The third kappa shape index (κ3) is 4.84. The van der Waals surface area contributed by atoms with Crippen molar-refractivity contribution in [3.63, 3.8) is 0 Å². The van der Waals surface area contributed by atoms with E-state index in [0.717, 1.165) is 34.4 Å². The van der Waals surface area contributed by atoms with Crippen LogP contribution in [-0.2, 0) is 22.1 Å². The number of nitrogens with one attached hydrogen (secondary N) is 1. The summed E-state index contributed by atoms with van der Waals surface area (Å²) in [4.78, 5) is 23.9. The molecule has 0 spiro atoms. The molecule has 0 heterocycles. The number of carboxylic acids is 1. The third-order valence-corrected chi connectivity index (χ3v) is 5.61. The number of fused-ring (bicyclic) bond motifs is 3. The second kappa shape index (κ2) is 8.97. The van der Waals surface area contributed by atoms with Gasteiger partial charge in [0.25, 0.3) is 0 Å². The van der Waals surface area contributed by atoms with Crippen LogP contribution in [0.15, 0.2) is 72.8 Å². The molecule has 0 bridgehead atoms. The number of ether oxygens (including phenoxy) is 1. The lowest BCUT2D eigenvalue weighted by Gasteiger charge is -2.21. The van der Waals surface area contributed by atoms with Crippen LogP contribution in [0.2, 0.25) is 0 Å². The van der Waals surface area contributed by atoms with E-state index in [-0.39, 0.29) is 24.5 Å². The number of aliphatic carboxylic acids is 1. The first-order valence-electron chi connectivity index (χ1n) is 10.2. The van der Waals surface area contributed by atoms with Crippen molar-refractivity contribution in [1.29, 1.82) is 0 Å². The molecule has 170 valence electrons. The van der Waals surface area contributed by atoms with Gasteiger partial charge < -0.3 is 20.0 Å². The largest absolute Gasteiger partial charge is 0.548 e. The smallest absolute Gasteiger partial charge is 0.416 e. The van der Waals surface area contributed by atoms with Gasteiger partial charge in [0.15, 0.2) is 0 Å². The lowest BCUT2D eigenvalue weighted by atomic mass is 9.98. The van der Waals surface area contributed by atoms with Crippen LogP contribution in [0.1, 0.15) is 28.2 Å². The Morgan fingerprint density at radius 1 is 0.939 bits per heavy atom. The summed E-state index contributed by atoms with van der Waals surface area (Å²) in [5.74, 6) is -1.84. The summed E-state index contributed by atoms with van der Waals surface area (Å²) in [7, 11) is 0. The van der Waals surface area contributed by atoms with E-state index in [4.69, 9.17) is 4.74 Å². The molecule has 0 saturated carbocycles. The van der Waals surface area contributed by atoms with Crippen molar-refractivity contribution in [2.24, 2.45) is 0 Å². The monoisotopic (exact) mass is 454 g/mol. The number of alkyl halides is 3. The van der Waals surface area contributed by atoms with Gasteiger partial charge in [-0.3, -0.25) is 0 Å². The van der Waals surface area contributed by atoms with E-state index in [1.807, 2.05) is 48.5 Å². The molecule has 8 heteroatoms. The molecule has 0 fully saturated rings. The zero-order valence-electron chi connectivity index (χ0n) is 17.3. The molecule has 1 amide bonds. The molecular weight excluding hydrogens is 435 g/mol. The first kappa shape index (κ1) is 22.4. The van der Waals surface area contributed by atoms with Crippen LogP contribution in [0.4, 0.5) is 18.0 Å². The minimum absolute atomic E-state index is 0.0246. The Labute approximate surface area is 187 Å². The van der Waals surface area contributed by atoms with Gasteiger partial charge in [-0.05, 0) is 40.3 Å². The van der Waals surface area contributed by atoms with Crippen molar-refractivity contribution in [1.82, 2.24) is 5.32 Å². The SMILES string of the molecule is O=C(N[C@H](Cc1cccc(C(F)(F)F)c1)C(=O)[O-])OCC1c2ccccc2-c2ccccc21. The fraction of sp³-hybridized carbons (Fsp3) is 0.200. The Morgan fingerprint density at radius 2 is 1.55 bits per heavy atom. The number of benzene rings is 3. The first-order valence-corrected chi connectivity index (χ1v) is 10.2. The van der Waals surface area contributed by atoms with Gasteiger partial charge in [-0.2, -0.15) is 13.2 Å². The molecule has 0 aromatic heterocycles. The molecule has 4 rings (SSSR count). The fourth-order valence-corrected chi connectivity index (χ4v) is 4.09. The van der Waals surface area contributed by atoms with E-state index in [9.17, 15) is 27.9 Å². The molecular formula is C25H19F3NO4-. The lowest BCUT2D eigenvalue weighted by Crippen LogP contribution is -2.49. The maximum atomic E-state index is 12.9. The standard InChI is InChI=1S/C25H20F3NO4/c26-25(27,28)16-7-5-6-15(12-16)13-22(23(30)31)29-24(32)33-14-21-19-10-3-1-8-17(19)18-9-2-4-11-20(18)21/h1-12,21-22H,13-14H2,(H,29,32)(H,30,31)/p-1/t22-/m1/s1. The zero-order chi connectivity index (χ0) is 23.6. The molecule has 1 aliphatic carbocycles. The van der Waals surface area contributed by atoms with Crippen LogP contribution in [0.5, 0.6) is 0 Å². The summed E-state index contributed by atoms with van der Waals surface area (Å²) < 4.78 is 44.1. The van der Waals surface area contributed by atoms with Crippen molar-refractivity contribution < 1.29 is 32.6 Å². The van der Waals surface area contributed by atoms with Crippen LogP contribution in [-0.4, -0.2) is 24.7 Å². The number of carbonyl (C=O) groups is 2. The van der Waals surface area contributed by atoms with Gasteiger partial charge in [0.2, 0.25) is 0 Å². The summed E-state index contributed by atoms with van der Waals surface area (Å²) in [5, 5.41) is 13.7. The van der Waals surface area contributed by atoms with E-state index in [1.165, 1.54) is 12.1 Å². The van der Waals surface area contributed by atoms with Crippen LogP contribution >= 0.6 is 0 Å². The van der Waals surface area contributed by atoms with Crippen LogP contribution < -0.4 is 10.4 Å². The number of hydrogen-bond donors (Lipinski definition) is 1. The average Bonchev–Trinajstić information content (AvgIpc) is 3.10. The Hall–Kier alpha value is -3.81. The number of rotatable bonds is 6. The molecule has 1 aliphatic rings. The van der Waals surface area contributed by atoms with E-state index in [0.29, 0.717) is 0 Å². The van der Waals surface area contributed by atoms with Gasteiger partial charge in [0.05, 0.1) is 17.6 Å². The van der Waals surface area contributed by atoms with Crippen LogP contribution in [0, 0.1) is 0 Å². The molecule has 33 heavy (non-hydrogen) atoms. The molecule has 0 saturated heterocycles. The summed E-state index contributed by atoms with van der Waals surface area (Å²) >= 11 is 0. The predicted octanol–water partition coefficient (Wildman–Crippen LogP) is 3.91. The van der Waals surface area contributed by atoms with Crippen molar-refractivity contribution in [2.75, 3.05) is 6.61 Å². The Kier molecular flexibility index (Phi) is 6.09. The van der Waals surface area contributed by atoms with E-state index in [1.54, 1.807) is 0 Å². The van der Waals surface area contributed by atoms with Crippen LogP contribution in [0.25, 0.3) is 11.1 Å². The van der Waals surface area contributed by atoms with Gasteiger partial charge >= 0.3 is 12.3 Å². The summed E-state index contributed by atoms with van der Waals surface area (Å²) in [5.41, 5.74) is 3.26. The normalized spacial score (nSPS) is 13.7. The maximum Gasteiger partial charge on any atom is 0.416 e. The Balaban J connectivity index is 1.43. The maximum absolute atomic E-state index is 12.9. The molecule has 5 nitrogen and oxygen atoms in total. The minimum Gasteiger partial charge on any atom is -0.548 e. The lowest BCUT2D eigenvalue weighted by molar-refractivity contribution is -0.308. The number of amides is 1. The van der Waals surface area contributed by atoms with Gasteiger partial charge in [0, 0.05) is 5.92 Å².